The standard InChI is InChI=1S/C12H19NO2/c1-7-6-9(12(3,4)13)11(15-5)10(14)8(7)2/h6,14H,13H2,1-5H3. The van der Waals surface area contributed by atoms with Crippen LogP contribution in [0.3, 0.4) is 0 Å². The number of hydrogen-bond acceptors (Lipinski definition) is 3. The molecule has 3 N–H and O–H groups in total. The van der Waals surface area contributed by atoms with Crippen molar-refractivity contribution in [1.29, 1.82) is 0 Å². The minimum Gasteiger partial charge on any atom is -0.504 e. The minimum atomic E-state index is -0.527. The van der Waals surface area contributed by atoms with Crippen molar-refractivity contribution in [2.45, 2.75) is 33.2 Å². The lowest BCUT2D eigenvalue weighted by Crippen LogP contribution is -2.29. The molecule has 0 radical (unpaired) electrons. The molecule has 84 valence electrons. The van der Waals surface area contributed by atoms with Crippen LogP contribution in [0.2, 0.25) is 0 Å². The first-order valence-electron chi connectivity index (χ1n) is 4.95. The van der Waals surface area contributed by atoms with Crippen molar-refractivity contribution < 1.29 is 9.84 Å². The highest BCUT2D eigenvalue weighted by Crippen LogP contribution is 2.39. The van der Waals surface area contributed by atoms with Crippen LogP contribution >= 0.6 is 0 Å². The monoisotopic (exact) mass is 209 g/mol. The quantitative estimate of drug-likeness (QED) is 0.785. The maximum Gasteiger partial charge on any atom is 0.165 e. The Hall–Kier alpha value is -1.22. The number of benzene rings is 1. The van der Waals surface area contributed by atoms with E-state index < -0.39 is 5.54 Å². The van der Waals surface area contributed by atoms with Gasteiger partial charge < -0.3 is 15.6 Å². The van der Waals surface area contributed by atoms with E-state index in [0.717, 1.165) is 16.7 Å². The number of rotatable bonds is 2. The molecule has 0 aromatic heterocycles. The summed E-state index contributed by atoms with van der Waals surface area (Å²) in [6.07, 6.45) is 0. The number of phenolic OH excluding ortho intramolecular Hbond substituents is 1. The summed E-state index contributed by atoms with van der Waals surface area (Å²) in [6, 6.07) is 1.97. The molecular weight excluding hydrogens is 190 g/mol. The summed E-state index contributed by atoms with van der Waals surface area (Å²) in [5.41, 5.74) is 8.18. The summed E-state index contributed by atoms with van der Waals surface area (Å²) in [6.45, 7) is 7.59. The largest absolute Gasteiger partial charge is 0.504 e. The zero-order chi connectivity index (χ0) is 11.8. The molecule has 0 aliphatic rings. The van der Waals surface area contributed by atoms with Gasteiger partial charge in [-0.15, -0.1) is 0 Å². The van der Waals surface area contributed by atoms with Crippen molar-refractivity contribution in [1.82, 2.24) is 0 Å². The van der Waals surface area contributed by atoms with Crippen LogP contribution in [0.1, 0.15) is 30.5 Å². The molecule has 3 nitrogen and oxygen atoms in total. The zero-order valence-corrected chi connectivity index (χ0v) is 10.0. The van der Waals surface area contributed by atoms with Gasteiger partial charge in [0, 0.05) is 11.1 Å². The van der Waals surface area contributed by atoms with Crippen molar-refractivity contribution in [3.05, 3.63) is 22.8 Å². The van der Waals surface area contributed by atoms with Gasteiger partial charge in [-0.05, 0) is 38.8 Å². The smallest absolute Gasteiger partial charge is 0.165 e. The highest BCUT2D eigenvalue weighted by Gasteiger charge is 2.23. The number of methoxy groups -OCH3 is 1. The Morgan fingerprint density at radius 2 is 1.87 bits per heavy atom. The molecule has 0 bridgehead atoms. The van der Waals surface area contributed by atoms with Crippen molar-refractivity contribution in [3.8, 4) is 11.5 Å². The van der Waals surface area contributed by atoms with Crippen LogP contribution in [-0.4, -0.2) is 12.2 Å². The van der Waals surface area contributed by atoms with E-state index >= 15 is 0 Å². The predicted octanol–water partition coefficient (Wildman–Crippen LogP) is 2.21. The maximum absolute atomic E-state index is 9.94. The molecule has 1 aromatic rings. The van der Waals surface area contributed by atoms with Gasteiger partial charge in [0.25, 0.3) is 0 Å². The number of aromatic hydroxyl groups is 1. The third kappa shape index (κ3) is 2.07. The minimum absolute atomic E-state index is 0.186. The molecule has 0 fully saturated rings. The van der Waals surface area contributed by atoms with Crippen LogP contribution in [0.5, 0.6) is 11.5 Å². The predicted molar refractivity (Wildman–Crippen MR) is 61.3 cm³/mol. The third-order valence-corrected chi connectivity index (χ3v) is 2.67. The van der Waals surface area contributed by atoms with Crippen LogP contribution in [-0.2, 0) is 5.54 Å². The van der Waals surface area contributed by atoms with Crippen molar-refractivity contribution >= 4 is 0 Å². The zero-order valence-electron chi connectivity index (χ0n) is 10.0. The number of aryl methyl sites for hydroxylation is 1. The number of phenols is 1. The summed E-state index contributed by atoms with van der Waals surface area (Å²) in [5.74, 6) is 0.664. The second kappa shape index (κ2) is 3.74. The van der Waals surface area contributed by atoms with E-state index in [-0.39, 0.29) is 5.75 Å². The first-order chi connectivity index (χ1) is 6.79. The summed E-state index contributed by atoms with van der Waals surface area (Å²) >= 11 is 0. The van der Waals surface area contributed by atoms with E-state index in [2.05, 4.69) is 0 Å². The Kier molecular flexibility index (Phi) is 2.95. The van der Waals surface area contributed by atoms with Crippen LogP contribution in [0, 0.1) is 13.8 Å². The molecule has 0 heterocycles. The summed E-state index contributed by atoms with van der Waals surface area (Å²) in [5, 5.41) is 9.94. The first-order valence-corrected chi connectivity index (χ1v) is 4.95. The van der Waals surface area contributed by atoms with Crippen LogP contribution in [0.25, 0.3) is 0 Å². The van der Waals surface area contributed by atoms with Gasteiger partial charge in [-0.2, -0.15) is 0 Å². The van der Waals surface area contributed by atoms with Crippen LogP contribution in [0.4, 0.5) is 0 Å². The fourth-order valence-electron chi connectivity index (χ4n) is 1.56. The average Bonchev–Trinajstić information content (AvgIpc) is 2.12. The normalized spacial score (nSPS) is 11.6. The second-order valence-electron chi connectivity index (χ2n) is 4.47. The molecule has 0 atom stereocenters. The molecule has 0 saturated carbocycles. The fraction of sp³-hybridized carbons (Fsp3) is 0.500. The highest BCUT2D eigenvalue weighted by atomic mass is 16.5. The molecule has 3 heteroatoms. The molecule has 0 aliphatic heterocycles. The molecule has 0 unspecified atom stereocenters. The summed E-state index contributed by atoms with van der Waals surface area (Å²) in [4.78, 5) is 0. The molecule has 0 amide bonds. The van der Waals surface area contributed by atoms with Gasteiger partial charge in [-0.1, -0.05) is 6.07 Å². The highest BCUT2D eigenvalue weighted by molar-refractivity contribution is 5.55. The molecule has 1 rings (SSSR count). The van der Waals surface area contributed by atoms with Gasteiger partial charge in [0.05, 0.1) is 7.11 Å². The van der Waals surface area contributed by atoms with Gasteiger partial charge in [0.15, 0.2) is 11.5 Å². The average molecular weight is 209 g/mol. The van der Waals surface area contributed by atoms with E-state index in [1.165, 1.54) is 0 Å². The van der Waals surface area contributed by atoms with E-state index in [0.29, 0.717) is 5.75 Å². The molecule has 15 heavy (non-hydrogen) atoms. The number of nitrogens with two attached hydrogens (primary N) is 1. The topological polar surface area (TPSA) is 55.5 Å². The number of ether oxygens (including phenoxy) is 1. The van der Waals surface area contributed by atoms with Crippen molar-refractivity contribution in [2.75, 3.05) is 7.11 Å². The van der Waals surface area contributed by atoms with Gasteiger partial charge in [0.2, 0.25) is 0 Å². The number of hydrogen-bond donors (Lipinski definition) is 2. The van der Waals surface area contributed by atoms with Crippen LogP contribution in [0.15, 0.2) is 6.07 Å². The Bertz CT molecular complexity index is 378. The van der Waals surface area contributed by atoms with Gasteiger partial charge in [-0.3, -0.25) is 0 Å². The second-order valence-corrected chi connectivity index (χ2v) is 4.47. The molecule has 1 aromatic carbocycles. The Morgan fingerprint density at radius 1 is 1.33 bits per heavy atom. The van der Waals surface area contributed by atoms with E-state index in [1.54, 1.807) is 7.11 Å². The lowest BCUT2D eigenvalue weighted by atomic mass is 9.91. The Labute approximate surface area is 90.9 Å². The van der Waals surface area contributed by atoms with E-state index in [1.807, 2.05) is 33.8 Å². The third-order valence-electron chi connectivity index (χ3n) is 2.67. The fourth-order valence-corrected chi connectivity index (χ4v) is 1.56. The van der Waals surface area contributed by atoms with Gasteiger partial charge >= 0.3 is 0 Å². The van der Waals surface area contributed by atoms with E-state index in [4.69, 9.17) is 10.5 Å². The Balaban J connectivity index is 3.53. The van der Waals surface area contributed by atoms with E-state index in [9.17, 15) is 5.11 Å². The molecule has 0 aliphatic carbocycles. The van der Waals surface area contributed by atoms with Crippen LogP contribution < -0.4 is 10.5 Å². The molecule has 0 saturated heterocycles. The maximum atomic E-state index is 9.94. The van der Waals surface area contributed by atoms with Crippen molar-refractivity contribution in [2.24, 2.45) is 5.73 Å². The Morgan fingerprint density at radius 3 is 2.27 bits per heavy atom. The molecular formula is C12H19NO2. The summed E-state index contributed by atoms with van der Waals surface area (Å²) < 4.78 is 5.21. The SMILES string of the molecule is COc1c(C(C)(C)N)cc(C)c(C)c1O. The first kappa shape index (κ1) is 11.9. The van der Waals surface area contributed by atoms with Gasteiger partial charge in [0.1, 0.15) is 0 Å². The lowest BCUT2D eigenvalue weighted by Gasteiger charge is -2.24. The molecule has 0 spiro atoms. The lowest BCUT2D eigenvalue weighted by molar-refractivity contribution is 0.356. The van der Waals surface area contributed by atoms with Crippen molar-refractivity contribution in [3.63, 3.8) is 0 Å². The van der Waals surface area contributed by atoms with Gasteiger partial charge in [-0.25, -0.2) is 0 Å². The summed E-state index contributed by atoms with van der Waals surface area (Å²) in [7, 11) is 1.54.